The van der Waals surface area contributed by atoms with Crippen LogP contribution < -0.4 is 4.74 Å². The largest absolute Gasteiger partial charge is 0.496 e. The molecule has 0 radical (unpaired) electrons. The third kappa shape index (κ3) is 2.74. The molecule has 0 saturated heterocycles. The van der Waals surface area contributed by atoms with Crippen LogP contribution in [-0.2, 0) is 14.8 Å². The summed E-state index contributed by atoms with van der Waals surface area (Å²) >= 11 is 0. The van der Waals surface area contributed by atoms with E-state index in [2.05, 4.69) is 91.3 Å². The molecule has 0 aliphatic heterocycles. The molecule has 1 fully saturated rings. The molecule has 0 amide bonds. The van der Waals surface area contributed by atoms with Crippen molar-refractivity contribution in [2.45, 2.75) is 88.6 Å². The molecule has 3 rings (SSSR count). The summed E-state index contributed by atoms with van der Waals surface area (Å²) in [5, 5.41) is 0.122. The normalized spacial score (nSPS) is 33.5. The zero-order valence-electron chi connectivity index (χ0n) is 21.0. The number of allylic oxidation sites excluding steroid dienone is 1. The lowest BCUT2D eigenvalue weighted by molar-refractivity contribution is -0.150. The third-order valence-electron chi connectivity index (χ3n) is 8.69. The Morgan fingerprint density at radius 3 is 2.10 bits per heavy atom. The van der Waals surface area contributed by atoms with Gasteiger partial charge in [-0.15, -0.1) is 6.58 Å². The highest BCUT2D eigenvalue weighted by atomic mass is 28.4. The first kappa shape index (κ1) is 23.8. The number of fused-ring (bicyclic) bond motifs is 1. The molecular formula is C25H42O3Si2. The Balaban J connectivity index is 2.30. The second-order valence-corrected chi connectivity index (χ2v) is 22.2. The van der Waals surface area contributed by atoms with Crippen LogP contribution in [0.25, 0.3) is 0 Å². The van der Waals surface area contributed by atoms with Crippen LogP contribution in [0.3, 0.4) is 0 Å². The van der Waals surface area contributed by atoms with Gasteiger partial charge < -0.3 is 13.9 Å². The van der Waals surface area contributed by atoms with Crippen molar-refractivity contribution in [1.29, 1.82) is 0 Å². The van der Waals surface area contributed by atoms with E-state index in [1.54, 1.807) is 7.11 Å². The lowest BCUT2D eigenvalue weighted by Crippen LogP contribution is -2.61. The average molecular weight is 447 g/mol. The van der Waals surface area contributed by atoms with Crippen molar-refractivity contribution >= 4 is 16.4 Å². The van der Waals surface area contributed by atoms with Gasteiger partial charge in [-0.05, 0) is 41.6 Å². The van der Waals surface area contributed by atoms with Crippen molar-refractivity contribution in [3.8, 4) is 5.75 Å². The summed E-state index contributed by atoms with van der Waals surface area (Å²) in [6, 6.07) is 6.36. The van der Waals surface area contributed by atoms with E-state index in [1.165, 1.54) is 11.1 Å². The molecule has 0 aromatic heterocycles. The van der Waals surface area contributed by atoms with E-state index in [0.717, 1.165) is 12.2 Å². The predicted octanol–water partition coefficient (Wildman–Crippen LogP) is 7.29. The second kappa shape index (κ2) is 6.80. The number of hydrogen-bond acceptors (Lipinski definition) is 3. The molecule has 2 aliphatic carbocycles. The summed E-state index contributed by atoms with van der Waals surface area (Å²) in [6.07, 6.45) is 3.17. The van der Waals surface area contributed by atoms with E-state index >= 15 is 0 Å². The standard InChI is InChI=1S/C25H42O3Si2/c1-13-23(5)17-24(23,29(8,9)10)25(27-7)20-18(15-14-16-19(20)26-6)21(25)28-30(11,12)22(2,3)4/h13-16,21H,1,17H2,2-12H3/t21-,23?,24?,25+/m0/s1. The van der Waals surface area contributed by atoms with E-state index in [0.29, 0.717) is 0 Å². The minimum atomic E-state index is -2.04. The maximum atomic E-state index is 7.18. The van der Waals surface area contributed by atoms with Crippen LogP contribution in [0.5, 0.6) is 5.75 Å². The van der Waals surface area contributed by atoms with E-state index in [1.807, 2.05) is 7.11 Å². The molecule has 0 N–H and O–H groups in total. The van der Waals surface area contributed by atoms with Gasteiger partial charge in [-0.25, -0.2) is 0 Å². The molecule has 1 saturated carbocycles. The van der Waals surface area contributed by atoms with E-state index in [9.17, 15) is 0 Å². The first-order valence-electron chi connectivity index (χ1n) is 11.1. The molecule has 2 unspecified atom stereocenters. The van der Waals surface area contributed by atoms with Crippen LogP contribution in [0.2, 0.25) is 42.8 Å². The first-order valence-corrected chi connectivity index (χ1v) is 17.5. The van der Waals surface area contributed by atoms with Crippen LogP contribution >= 0.6 is 0 Å². The maximum Gasteiger partial charge on any atom is 0.193 e. The summed E-state index contributed by atoms with van der Waals surface area (Å²) in [5.41, 5.74) is 1.95. The van der Waals surface area contributed by atoms with Crippen molar-refractivity contribution in [2.75, 3.05) is 14.2 Å². The van der Waals surface area contributed by atoms with Crippen molar-refractivity contribution in [3.63, 3.8) is 0 Å². The van der Waals surface area contributed by atoms with E-state index < -0.39 is 22.0 Å². The molecule has 0 spiro atoms. The van der Waals surface area contributed by atoms with Crippen LogP contribution in [0.15, 0.2) is 30.9 Å². The zero-order chi connectivity index (χ0) is 23.0. The van der Waals surface area contributed by atoms with Gasteiger partial charge >= 0.3 is 0 Å². The van der Waals surface area contributed by atoms with Crippen molar-refractivity contribution in [2.24, 2.45) is 5.41 Å². The molecular weight excluding hydrogens is 404 g/mol. The smallest absolute Gasteiger partial charge is 0.193 e. The first-order chi connectivity index (χ1) is 13.6. The summed E-state index contributed by atoms with van der Waals surface area (Å²) in [6.45, 7) is 25.6. The van der Waals surface area contributed by atoms with E-state index in [4.69, 9.17) is 13.9 Å². The van der Waals surface area contributed by atoms with Crippen molar-refractivity contribution < 1.29 is 13.9 Å². The SMILES string of the molecule is C=CC1(C)CC1([C@@]1(OC)c2c(OC)cccc2[C@@H]1O[Si](C)(C)C(C)(C)C)[Si](C)(C)C. The monoisotopic (exact) mass is 446 g/mol. The molecule has 168 valence electrons. The fourth-order valence-corrected chi connectivity index (χ4v) is 11.5. The van der Waals surface area contributed by atoms with Crippen LogP contribution in [0.1, 0.15) is 51.3 Å². The highest BCUT2D eigenvalue weighted by Crippen LogP contribution is 2.88. The van der Waals surface area contributed by atoms with Gasteiger partial charge in [0.05, 0.1) is 15.2 Å². The second-order valence-electron chi connectivity index (χ2n) is 12.1. The number of methoxy groups -OCH3 is 2. The minimum absolute atomic E-state index is 0.00182. The highest BCUT2D eigenvalue weighted by molar-refractivity contribution is 6.80. The van der Waals surface area contributed by atoms with Gasteiger partial charge in [0.2, 0.25) is 0 Å². The average Bonchev–Trinajstić information content (AvgIpc) is 3.28. The van der Waals surface area contributed by atoms with Gasteiger partial charge in [-0.2, -0.15) is 0 Å². The Morgan fingerprint density at radius 2 is 1.70 bits per heavy atom. The fraction of sp³-hybridized carbons (Fsp3) is 0.680. The number of rotatable bonds is 7. The van der Waals surface area contributed by atoms with Gasteiger partial charge in [0.15, 0.2) is 8.32 Å². The number of benzene rings is 1. The quantitative estimate of drug-likeness (QED) is 0.325. The molecule has 4 atom stereocenters. The summed E-state index contributed by atoms with van der Waals surface area (Å²) in [4.78, 5) is 0. The fourth-order valence-electron chi connectivity index (χ4n) is 6.03. The molecule has 30 heavy (non-hydrogen) atoms. The number of hydrogen-bond donors (Lipinski definition) is 0. The topological polar surface area (TPSA) is 27.7 Å². The third-order valence-corrected chi connectivity index (χ3v) is 16.8. The van der Waals surface area contributed by atoms with Gasteiger partial charge in [0, 0.05) is 17.7 Å². The molecule has 2 aliphatic rings. The van der Waals surface area contributed by atoms with Gasteiger partial charge in [0.1, 0.15) is 17.5 Å². The van der Waals surface area contributed by atoms with Crippen LogP contribution in [0.4, 0.5) is 0 Å². The molecule has 0 bridgehead atoms. The van der Waals surface area contributed by atoms with Gasteiger partial charge in [-0.3, -0.25) is 0 Å². The Kier molecular flexibility index (Phi) is 5.39. The Bertz CT molecular complexity index is 851. The minimum Gasteiger partial charge on any atom is -0.496 e. The lowest BCUT2D eigenvalue weighted by atomic mass is 9.65. The highest BCUT2D eigenvalue weighted by Gasteiger charge is 2.83. The number of ether oxygens (including phenoxy) is 2. The molecule has 1 aromatic rings. The molecule has 1 aromatic carbocycles. The van der Waals surface area contributed by atoms with Crippen LogP contribution in [0, 0.1) is 5.41 Å². The van der Waals surface area contributed by atoms with Gasteiger partial charge in [-0.1, -0.05) is 65.5 Å². The van der Waals surface area contributed by atoms with Crippen molar-refractivity contribution in [1.82, 2.24) is 0 Å². The van der Waals surface area contributed by atoms with Crippen molar-refractivity contribution in [3.05, 3.63) is 42.0 Å². The zero-order valence-corrected chi connectivity index (χ0v) is 23.0. The summed E-state index contributed by atoms with van der Waals surface area (Å²) < 4.78 is 19.7. The Labute approximate surface area is 186 Å². The molecule has 3 nitrogen and oxygen atoms in total. The predicted molar refractivity (Wildman–Crippen MR) is 132 cm³/mol. The summed E-state index contributed by atoms with van der Waals surface area (Å²) in [7, 11) is -0.138. The van der Waals surface area contributed by atoms with Crippen LogP contribution in [-0.4, -0.2) is 30.6 Å². The van der Waals surface area contributed by atoms with Gasteiger partial charge in [0.25, 0.3) is 0 Å². The molecule has 0 heterocycles. The lowest BCUT2D eigenvalue weighted by Gasteiger charge is -2.61. The van der Waals surface area contributed by atoms with E-state index in [-0.39, 0.29) is 21.6 Å². The Hall–Kier alpha value is -0.886. The summed E-state index contributed by atoms with van der Waals surface area (Å²) in [5.74, 6) is 0.917. The maximum absolute atomic E-state index is 7.18. The Morgan fingerprint density at radius 1 is 1.10 bits per heavy atom. The molecule has 5 heteroatoms.